The summed E-state index contributed by atoms with van der Waals surface area (Å²) >= 11 is 0. The van der Waals surface area contributed by atoms with Crippen molar-refractivity contribution in [3.05, 3.63) is 36.5 Å². The van der Waals surface area contributed by atoms with Crippen molar-refractivity contribution >= 4 is 11.9 Å². The zero-order chi connectivity index (χ0) is 48.6. The fourth-order valence-corrected chi connectivity index (χ4v) is 9.08. The van der Waals surface area contributed by atoms with E-state index in [0.29, 0.717) is 19.4 Å². The van der Waals surface area contributed by atoms with Crippen LogP contribution in [0.25, 0.3) is 0 Å². The standard InChI is InChI=1S/C61H115NO5/c1-3-5-7-9-11-13-15-31-35-39-43-47-51-55-61(66)67-56-52-48-44-40-36-33-30-28-26-24-22-20-18-16-17-19-21-23-25-27-29-32-34-38-42-46-50-54-60(65)62-58(57-63)59(64)53-49-45-41-37-14-12-10-8-6-4-2/h16-17,20,22,49,53,58-59,63-64H,3-15,18-19,21,23-48,50-52,54-57H2,1-2H3,(H,62,65)/b17-16-,22-20-,53-49+. The first-order valence-electron chi connectivity index (χ1n) is 29.8. The van der Waals surface area contributed by atoms with Crippen LogP contribution < -0.4 is 5.32 Å². The van der Waals surface area contributed by atoms with E-state index in [1.165, 1.54) is 244 Å². The predicted octanol–water partition coefficient (Wildman–Crippen LogP) is 18.4. The van der Waals surface area contributed by atoms with Crippen molar-refractivity contribution in [3.8, 4) is 0 Å². The topological polar surface area (TPSA) is 95.9 Å². The van der Waals surface area contributed by atoms with Crippen LogP contribution >= 0.6 is 0 Å². The number of allylic oxidation sites excluding steroid dienone is 5. The van der Waals surface area contributed by atoms with E-state index in [1.807, 2.05) is 6.08 Å². The van der Waals surface area contributed by atoms with Crippen LogP contribution in [0, 0.1) is 0 Å². The molecular formula is C61H115NO5. The van der Waals surface area contributed by atoms with Gasteiger partial charge in [0.1, 0.15) is 0 Å². The Morgan fingerprint density at radius 3 is 1.13 bits per heavy atom. The molecule has 0 aromatic heterocycles. The molecule has 0 heterocycles. The number of hydrogen-bond acceptors (Lipinski definition) is 5. The molecule has 1 amide bonds. The Morgan fingerprint density at radius 1 is 0.418 bits per heavy atom. The van der Waals surface area contributed by atoms with E-state index in [2.05, 4.69) is 43.5 Å². The molecule has 394 valence electrons. The molecule has 0 aromatic carbocycles. The number of carbonyl (C=O) groups is 2. The number of amides is 1. The lowest BCUT2D eigenvalue weighted by atomic mass is 10.0. The molecule has 0 rings (SSSR count). The highest BCUT2D eigenvalue weighted by Crippen LogP contribution is 2.16. The summed E-state index contributed by atoms with van der Waals surface area (Å²) in [7, 11) is 0. The molecule has 0 aliphatic rings. The van der Waals surface area contributed by atoms with Crippen LogP contribution in [0.2, 0.25) is 0 Å². The van der Waals surface area contributed by atoms with Crippen LogP contribution in [-0.2, 0) is 14.3 Å². The molecule has 0 radical (unpaired) electrons. The molecular weight excluding hydrogens is 827 g/mol. The molecule has 67 heavy (non-hydrogen) atoms. The second kappa shape index (κ2) is 56.7. The highest BCUT2D eigenvalue weighted by atomic mass is 16.5. The van der Waals surface area contributed by atoms with E-state index >= 15 is 0 Å². The quantitative estimate of drug-likeness (QED) is 0.0321. The van der Waals surface area contributed by atoms with Crippen LogP contribution in [0.15, 0.2) is 36.5 Å². The minimum atomic E-state index is -0.844. The summed E-state index contributed by atoms with van der Waals surface area (Å²) in [6.07, 6.45) is 70.4. The molecule has 0 aromatic rings. The number of rotatable bonds is 55. The Balaban J connectivity index is 3.41. The molecule has 2 unspecified atom stereocenters. The summed E-state index contributed by atoms with van der Waals surface area (Å²) in [5.41, 5.74) is 0. The van der Waals surface area contributed by atoms with Gasteiger partial charge in [-0.3, -0.25) is 9.59 Å². The first-order chi connectivity index (χ1) is 33.0. The third-order valence-electron chi connectivity index (χ3n) is 13.7. The van der Waals surface area contributed by atoms with Crippen molar-refractivity contribution in [1.82, 2.24) is 5.32 Å². The highest BCUT2D eigenvalue weighted by Gasteiger charge is 2.18. The van der Waals surface area contributed by atoms with Crippen LogP contribution in [-0.4, -0.2) is 47.4 Å². The van der Waals surface area contributed by atoms with Gasteiger partial charge in [-0.25, -0.2) is 0 Å². The smallest absolute Gasteiger partial charge is 0.305 e. The number of carbonyl (C=O) groups excluding carboxylic acids is 2. The predicted molar refractivity (Wildman–Crippen MR) is 292 cm³/mol. The summed E-state index contributed by atoms with van der Waals surface area (Å²) in [4.78, 5) is 24.4. The highest BCUT2D eigenvalue weighted by molar-refractivity contribution is 5.76. The largest absolute Gasteiger partial charge is 0.466 e. The van der Waals surface area contributed by atoms with Crippen molar-refractivity contribution in [3.63, 3.8) is 0 Å². The number of esters is 1. The zero-order valence-corrected chi connectivity index (χ0v) is 44.9. The Labute approximate surface area is 417 Å². The molecule has 0 fully saturated rings. The summed E-state index contributed by atoms with van der Waals surface area (Å²) in [5.74, 6) is -0.0614. The number of aliphatic hydroxyl groups excluding tert-OH is 2. The number of unbranched alkanes of at least 4 members (excludes halogenated alkanes) is 40. The minimum Gasteiger partial charge on any atom is -0.466 e. The van der Waals surface area contributed by atoms with Gasteiger partial charge in [0.15, 0.2) is 0 Å². The first-order valence-corrected chi connectivity index (χ1v) is 29.8. The molecule has 6 nitrogen and oxygen atoms in total. The lowest BCUT2D eigenvalue weighted by molar-refractivity contribution is -0.143. The van der Waals surface area contributed by atoms with Gasteiger partial charge < -0.3 is 20.3 Å². The van der Waals surface area contributed by atoms with Gasteiger partial charge in [0, 0.05) is 12.8 Å². The van der Waals surface area contributed by atoms with Gasteiger partial charge in [-0.15, -0.1) is 0 Å². The fraction of sp³-hybridized carbons (Fsp3) is 0.869. The van der Waals surface area contributed by atoms with Gasteiger partial charge in [0.2, 0.25) is 5.91 Å². The fourth-order valence-electron chi connectivity index (χ4n) is 9.08. The molecule has 0 saturated carbocycles. The third-order valence-corrected chi connectivity index (χ3v) is 13.7. The number of nitrogens with one attached hydrogen (secondary N) is 1. The number of ether oxygens (including phenoxy) is 1. The van der Waals surface area contributed by atoms with Gasteiger partial charge in [-0.2, -0.15) is 0 Å². The molecule has 2 atom stereocenters. The van der Waals surface area contributed by atoms with E-state index in [0.717, 1.165) is 44.9 Å². The average molecular weight is 943 g/mol. The van der Waals surface area contributed by atoms with Gasteiger partial charge in [0.05, 0.1) is 25.4 Å². The van der Waals surface area contributed by atoms with Gasteiger partial charge in [0.25, 0.3) is 0 Å². The summed E-state index contributed by atoms with van der Waals surface area (Å²) in [6.45, 7) is 4.89. The second-order valence-electron chi connectivity index (χ2n) is 20.3. The maximum atomic E-state index is 12.4. The Hall–Kier alpha value is -1.92. The van der Waals surface area contributed by atoms with Crippen molar-refractivity contribution < 1.29 is 24.5 Å². The van der Waals surface area contributed by atoms with Crippen molar-refractivity contribution in [2.24, 2.45) is 0 Å². The maximum absolute atomic E-state index is 12.4. The average Bonchev–Trinajstić information content (AvgIpc) is 3.33. The van der Waals surface area contributed by atoms with Crippen LogP contribution in [0.5, 0.6) is 0 Å². The second-order valence-corrected chi connectivity index (χ2v) is 20.3. The molecule has 0 bridgehead atoms. The van der Waals surface area contributed by atoms with E-state index in [4.69, 9.17) is 4.74 Å². The zero-order valence-electron chi connectivity index (χ0n) is 44.9. The summed E-state index contributed by atoms with van der Waals surface area (Å²) in [5, 5.41) is 23.0. The van der Waals surface area contributed by atoms with Crippen molar-refractivity contribution in [2.75, 3.05) is 13.2 Å². The molecule has 0 spiro atoms. The maximum Gasteiger partial charge on any atom is 0.305 e. The van der Waals surface area contributed by atoms with Gasteiger partial charge in [-0.05, 0) is 64.2 Å². The molecule has 6 heteroatoms. The van der Waals surface area contributed by atoms with Crippen molar-refractivity contribution in [2.45, 2.75) is 328 Å². The number of aliphatic hydroxyl groups is 2. The van der Waals surface area contributed by atoms with Crippen LogP contribution in [0.3, 0.4) is 0 Å². The van der Waals surface area contributed by atoms with E-state index in [9.17, 15) is 19.8 Å². The minimum absolute atomic E-state index is 0.0115. The summed E-state index contributed by atoms with van der Waals surface area (Å²) in [6, 6.07) is -0.628. The lowest BCUT2D eigenvalue weighted by Gasteiger charge is -2.20. The van der Waals surface area contributed by atoms with Crippen LogP contribution in [0.1, 0.15) is 316 Å². The number of hydrogen-bond donors (Lipinski definition) is 3. The molecule has 3 N–H and O–H groups in total. The SMILES string of the molecule is CCCCCCCCCC/C=C/C(O)C(CO)NC(=O)CCCCCCCCCCCCC/C=C\C/C=C\CCCCCCCCCCCOC(=O)CCCCCCCCCCCCCCC. The van der Waals surface area contributed by atoms with Crippen LogP contribution in [0.4, 0.5) is 0 Å². The molecule has 0 saturated heterocycles. The first kappa shape index (κ1) is 65.1. The van der Waals surface area contributed by atoms with Crippen molar-refractivity contribution in [1.29, 1.82) is 0 Å². The Bertz CT molecular complexity index is 1090. The van der Waals surface area contributed by atoms with E-state index < -0.39 is 12.1 Å². The molecule has 0 aliphatic carbocycles. The Kier molecular flexibility index (Phi) is 55.0. The van der Waals surface area contributed by atoms with Gasteiger partial charge >= 0.3 is 5.97 Å². The Morgan fingerprint density at radius 2 is 0.746 bits per heavy atom. The monoisotopic (exact) mass is 942 g/mol. The lowest BCUT2D eigenvalue weighted by Crippen LogP contribution is -2.45. The van der Waals surface area contributed by atoms with E-state index in [-0.39, 0.29) is 18.5 Å². The molecule has 0 aliphatic heterocycles. The third kappa shape index (κ3) is 53.3. The summed E-state index contributed by atoms with van der Waals surface area (Å²) < 4.78 is 5.47. The van der Waals surface area contributed by atoms with E-state index in [1.54, 1.807) is 6.08 Å². The normalized spacial score (nSPS) is 12.8. The van der Waals surface area contributed by atoms with Gasteiger partial charge in [-0.1, -0.05) is 275 Å².